The molecule has 0 heterocycles. The monoisotopic (exact) mass is 361 g/mol. The van der Waals surface area contributed by atoms with Crippen LogP contribution in [0.3, 0.4) is 0 Å². The summed E-state index contributed by atoms with van der Waals surface area (Å²) in [7, 11) is 0. The zero-order valence-corrected chi connectivity index (χ0v) is 12.2. The molecule has 110 valence electrons. The highest BCUT2D eigenvalue weighted by atomic mass is 79.9. The largest absolute Gasteiger partial charge is 0.317 e. The Morgan fingerprint density at radius 2 is 1.57 bits per heavy atom. The highest BCUT2D eigenvalue weighted by molar-refractivity contribution is 9.10. The molecule has 2 aromatic rings. The molecule has 0 saturated carbocycles. The van der Waals surface area contributed by atoms with Crippen LogP contribution in [-0.4, -0.2) is 5.91 Å². The predicted molar refractivity (Wildman–Crippen MR) is 73.1 cm³/mol. The van der Waals surface area contributed by atoms with Crippen molar-refractivity contribution in [2.24, 2.45) is 0 Å². The number of anilines is 1. The number of hydrogen-bond donors (Lipinski definition) is 1. The molecular formula is C14H8BrF4NO. The zero-order chi connectivity index (χ0) is 15.7. The summed E-state index contributed by atoms with van der Waals surface area (Å²) in [6.07, 6.45) is 0. The van der Waals surface area contributed by atoms with Crippen LogP contribution in [0.4, 0.5) is 23.2 Å². The van der Waals surface area contributed by atoms with E-state index in [1.807, 2.05) is 5.32 Å². The van der Waals surface area contributed by atoms with E-state index in [9.17, 15) is 22.4 Å². The van der Waals surface area contributed by atoms with Gasteiger partial charge in [-0.05, 0) is 30.7 Å². The molecule has 0 bridgehead atoms. The summed E-state index contributed by atoms with van der Waals surface area (Å²) in [5, 5.41) is 1.84. The molecule has 2 rings (SSSR count). The Kier molecular flexibility index (Phi) is 4.32. The SMILES string of the molecule is Cc1cc(Br)cc(C(=O)Nc2c(F)c(F)cc(F)c2F)c1. The second-order valence-electron chi connectivity index (χ2n) is 4.31. The van der Waals surface area contributed by atoms with E-state index in [0.717, 1.165) is 5.56 Å². The Morgan fingerprint density at radius 3 is 2.10 bits per heavy atom. The number of aryl methyl sites for hydroxylation is 1. The second kappa shape index (κ2) is 5.85. The van der Waals surface area contributed by atoms with E-state index >= 15 is 0 Å². The highest BCUT2D eigenvalue weighted by Crippen LogP contribution is 2.25. The van der Waals surface area contributed by atoms with Gasteiger partial charge in [0, 0.05) is 16.1 Å². The van der Waals surface area contributed by atoms with Crippen LogP contribution in [0.5, 0.6) is 0 Å². The van der Waals surface area contributed by atoms with Gasteiger partial charge >= 0.3 is 0 Å². The van der Waals surface area contributed by atoms with Crippen molar-refractivity contribution in [3.63, 3.8) is 0 Å². The molecule has 21 heavy (non-hydrogen) atoms. The zero-order valence-electron chi connectivity index (χ0n) is 10.6. The van der Waals surface area contributed by atoms with E-state index in [1.165, 1.54) is 12.1 Å². The molecule has 0 fully saturated rings. The van der Waals surface area contributed by atoms with Gasteiger partial charge in [0.1, 0.15) is 5.69 Å². The molecular weight excluding hydrogens is 354 g/mol. The van der Waals surface area contributed by atoms with Crippen LogP contribution in [0, 0.1) is 30.2 Å². The summed E-state index contributed by atoms with van der Waals surface area (Å²) in [4.78, 5) is 11.9. The molecule has 7 heteroatoms. The van der Waals surface area contributed by atoms with Crippen molar-refractivity contribution in [1.29, 1.82) is 0 Å². The van der Waals surface area contributed by atoms with Crippen LogP contribution in [0.25, 0.3) is 0 Å². The van der Waals surface area contributed by atoms with Crippen molar-refractivity contribution in [2.45, 2.75) is 6.92 Å². The number of rotatable bonds is 2. The van der Waals surface area contributed by atoms with Crippen molar-refractivity contribution >= 4 is 27.5 Å². The molecule has 0 saturated heterocycles. The van der Waals surface area contributed by atoms with Gasteiger partial charge in [-0.15, -0.1) is 0 Å². The number of amides is 1. The molecule has 0 aromatic heterocycles. The lowest BCUT2D eigenvalue weighted by atomic mass is 10.1. The fourth-order valence-corrected chi connectivity index (χ4v) is 2.34. The van der Waals surface area contributed by atoms with E-state index in [-0.39, 0.29) is 11.6 Å². The van der Waals surface area contributed by atoms with Crippen LogP contribution in [0.2, 0.25) is 0 Å². The fourth-order valence-electron chi connectivity index (χ4n) is 1.74. The van der Waals surface area contributed by atoms with Crippen molar-refractivity contribution < 1.29 is 22.4 Å². The van der Waals surface area contributed by atoms with Gasteiger partial charge in [0.2, 0.25) is 0 Å². The van der Waals surface area contributed by atoms with Crippen molar-refractivity contribution in [2.75, 3.05) is 5.32 Å². The highest BCUT2D eigenvalue weighted by Gasteiger charge is 2.21. The summed E-state index contributed by atoms with van der Waals surface area (Å²) in [6.45, 7) is 1.71. The quantitative estimate of drug-likeness (QED) is 0.616. The number of nitrogens with one attached hydrogen (secondary N) is 1. The lowest BCUT2D eigenvalue weighted by Crippen LogP contribution is -2.16. The Labute approximate surface area is 125 Å². The first-order chi connectivity index (χ1) is 9.79. The van der Waals surface area contributed by atoms with Crippen LogP contribution >= 0.6 is 15.9 Å². The van der Waals surface area contributed by atoms with Crippen LogP contribution in [-0.2, 0) is 0 Å². The first kappa shape index (κ1) is 15.5. The summed E-state index contributed by atoms with van der Waals surface area (Å²) >= 11 is 3.17. The van der Waals surface area contributed by atoms with Gasteiger partial charge in [-0.3, -0.25) is 4.79 Å². The maximum Gasteiger partial charge on any atom is 0.255 e. The Balaban J connectivity index is 2.40. The van der Waals surface area contributed by atoms with E-state index in [4.69, 9.17) is 0 Å². The van der Waals surface area contributed by atoms with Crippen LogP contribution in [0.15, 0.2) is 28.7 Å². The molecule has 0 spiro atoms. The molecule has 0 aliphatic rings. The fraction of sp³-hybridized carbons (Fsp3) is 0.0714. The summed E-state index contributed by atoms with van der Waals surface area (Å²) in [5.74, 6) is -7.38. The minimum Gasteiger partial charge on any atom is -0.317 e. The number of carbonyl (C=O) groups excluding carboxylic acids is 1. The summed E-state index contributed by atoms with van der Waals surface area (Å²) in [5.41, 5.74) is -0.346. The summed E-state index contributed by atoms with van der Waals surface area (Å²) in [6, 6.07) is 4.67. The van der Waals surface area contributed by atoms with Gasteiger partial charge in [0.25, 0.3) is 5.91 Å². The van der Waals surface area contributed by atoms with Gasteiger partial charge < -0.3 is 5.32 Å². The van der Waals surface area contributed by atoms with Crippen molar-refractivity contribution in [1.82, 2.24) is 0 Å². The predicted octanol–water partition coefficient (Wildman–Crippen LogP) is 4.57. The molecule has 1 N–H and O–H groups in total. The average molecular weight is 362 g/mol. The Bertz CT molecular complexity index is 687. The summed E-state index contributed by atoms with van der Waals surface area (Å²) < 4.78 is 53.6. The third-order valence-electron chi connectivity index (χ3n) is 2.65. The van der Waals surface area contributed by atoms with Gasteiger partial charge in [-0.1, -0.05) is 15.9 Å². The van der Waals surface area contributed by atoms with E-state index in [0.29, 0.717) is 4.47 Å². The Morgan fingerprint density at radius 1 is 1.00 bits per heavy atom. The lowest BCUT2D eigenvalue weighted by molar-refractivity contribution is 0.102. The molecule has 0 aliphatic carbocycles. The van der Waals surface area contributed by atoms with Crippen LogP contribution in [0.1, 0.15) is 15.9 Å². The van der Waals surface area contributed by atoms with Gasteiger partial charge in [0.05, 0.1) is 0 Å². The number of halogens is 5. The maximum atomic E-state index is 13.5. The van der Waals surface area contributed by atoms with Crippen LogP contribution < -0.4 is 5.32 Å². The minimum atomic E-state index is -1.66. The lowest BCUT2D eigenvalue weighted by Gasteiger charge is -2.09. The molecule has 0 aliphatic heterocycles. The van der Waals surface area contributed by atoms with E-state index < -0.39 is 34.9 Å². The molecule has 2 nitrogen and oxygen atoms in total. The van der Waals surface area contributed by atoms with E-state index in [2.05, 4.69) is 15.9 Å². The van der Waals surface area contributed by atoms with Gasteiger partial charge in [0.15, 0.2) is 23.3 Å². The molecule has 0 unspecified atom stereocenters. The second-order valence-corrected chi connectivity index (χ2v) is 5.23. The topological polar surface area (TPSA) is 29.1 Å². The van der Waals surface area contributed by atoms with Crippen molar-refractivity contribution in [3.05, 3.63) is 63.1 Å². The molecule has 0 atom stereocenters. The van der Waals surface area contributed by atoms with Gasteiger partial charge in [-0.25, -0.2) is 17.6 Å². The van der Waals surface area contributed by atoms with Gasteiger partial charge in [-0.2, -0.15) is 0 Å². The smallest absolute Gasteiger partial charge is 0.255 e. The normalized spacial score (nSPS) is 10.6. The van der Waals surface area contributed by atoms with Crippen molar-refractivity contribution in [3.8, 4) is 0 Å². The number of hydrogen-bond acceptors (Lipinski definition) is 1. The minimum absolute atomic E-state index is 0.0730. The first-order valence-electron chi connectivity index (χ1n) is 5.71. The number of benzene rings is 2. The van der Waals surface area contributed by atoms with E-state index in [1.54, 1.807) is 13.0 Å². The number of carbonyl (C=O) groups is 1. The molecule has 0 radical (unpaired) electrons. The molecule has 1 amide bonds. The third kappa shape index (κ3) is 3.24. The molecule has 2 aromatic carbocycles. The first-order valence-corrected chi connectivity index (χ1v) is 6.50. The average Bonchev–Trinajstić information content (AvgIpc) is 2.40. The maximum absolute atomic E-state index is 13.5. The Hall–Kier alpha value is -1.89. The standard InChI is InChI=1S/C14H8BrF4NO/c1-6-2-7(4-8(15)3-6)14(21)20-13-11(18)9(16)5-10(17)12(13)19/h2-5H,1H3,(H,20,21). The third-order valence-corrected chi connectivity index (χ3v) is 3.11.